The first-order valence-corrected chi connectivity index (χ1v) is 9.29. The monoisotopic (exact) mass is 444 g/mol. The number of benzene rings is 2. The van der Waals surface area contributed by atoms with E-state index >= 15 is 0 Å². The van der Waals surface area contributed by atoms with Crippen molar-refractivity contribution in [1.82, 2.24) is 15.8 Å². The molecule has 0 saturated heterocycles. The van der Waals surface area contributed by atoms with Gasteiger partial charge in [-0.2, -0.15) is 0 Å². The van der Waals surface area contributed by atoms with Crippen molar-refractivity contribution >= 4 is 41.6 Å². The Balaban J connectivity index is 0.00000256. The van der Waals surface area contributed by atoms with Crippen molar-refractivity contribution in [2.24, 2.45) is 0 Å². The number of rotatable bonds is 2. The number of anilines is 1. The van der Waals surface area contributed by atoms with E-state index in [-0.39, 0.29) is 31.3 Å². The predicted molar refractivity (Wildman–Crippen MR) is 116 cm³/mol. The molecule has 0 unspecified atom stereocenters. The van der Waals surface area contributed by atoms with Crippen LogP contribution in [0.4, 0.5) is 10.5 Å². The molecule has 0 bridgehead atoms. The molecular weight excluding hydrogens is 427 g/mol. The van der Waals surface area contributed by atoms with Gasteiger partial charge in [0.05, 0.1) is 18.7 Å². The molecule has 1 aliphatic heterocycles. The van der Waals surface area contributed by atoms with Crippen LogP contribution in [0.1, 0.15) is 11.3 Å². The third-order valence-electron chi connectivity index (χ3n) is 4.35. The van der Waals surface area contributed by atoms with Crippen LogP contribution >= 0.6 is 24.0 Å². The molecule has 4 rings (SSSR count). The Morgan fingerprint density at radius 3 is 2.63 bits per heavy atom. The fraction of sp³-hybridized carbons (Fsp3) is 0.0952. The van der Waals surface area contributed by atoms with Crippen molar-refractivity contribution in [3.05, 3.63) is 83.1 Å². The molecule has 0 aliphatic carbocycles. The number of pyridine rings is 1. The van der Waals surface area contributed by atoms with Crippen molar-refractivity contribution in [1.29, 1.82) is 0 Å². The lowest BCUT2D eigenvalue weighted by Crippen LogP contribution is -2.49. The third-order valence-corrected chi connectivity index (χ3v) is 4.59. The van der Waals surface area contributed by atoms with Crippen molar-refractivity contribution in [2.75, 3.05) is 4.90 Å². The molecule has 154 valence electrons. The fourth-order valence-corrected chi connectivity index (χ4v) is 3.15. The number of carbonyl (C=O) groups is 2. The summed E-state index contributed by atoms with van der Waals surface area (Å²) in [6.45, 7) is 0.255. The zero-order valence-electron chi connectivity index (χ0n) is 15.7. The molecule has 3 amide bonds. The third kappa shape index (κ3) is 4.82. The normalized spacial score (nSPS) is 11.7. The molecule has 2 aromatic carbocycles. The highest BCUT2D eigenvalue weighted by molar-refractivity contribution is 6.31. The topological polar surface area (TPSA) is 83.6 Å². The van der Waals surface area contributed by atoms with Gasteiger partial charge in [0.2, 0.25) is 5.91 Å². The number of carbonyl (C=O) groups excluding carboxylic acids is 2. The van der Waals surface area contributed by atoms with Gasteiger partial charge in [0.15, 0.2) is 5.75 Å². The molecule has 30 heavy (non-hydrogen) atoms. The highest BCUT2D eigenvalue weighted by atomic mass is 35.5. The van der Waals surface area contributed by atoms with Gasteiger partial charge in [0.1, 0.15) is 5.75 Å². The van der Waals surface area contributed by atoms with Gasteiger partial charge in [0.25, 0.3) is 0 Å². The molecule has 2 heterocycles. The molecular formula is C21H18Cl2N4O3. The van der Waals surface area contributed by atoms with Crippen molar-refractivity contribution in [2.45, 2.75) is 13.0 Å². The van der Waals surface area contributed by atoms with Crippen LogP contribution in [0, 0.1) is 0 Å². The molecule has 1 aliphatic rings. The van der Waals surface area contributed by atoms with Gasteiger partial charge in [0, 0.05) is 22.5 Å². The number of nitrogens with zero attached hydrogens (tertiary/aromatic N) is 2. The van der Waals surface area contributed by atoms with Crippen LogP contribution in [-0.4, -0.2) is 16.9 Å². The number of hydrazine groups is 1. The van der Waals surface area contributed by atoms with Crippen LogP contribution in [-0.2, 0) is 17.8 Å². The summed E-state index contributed by atoms with van der Waals surface area (Å²) in [5, 5.41) is 0.468. The fourth-order valence-electron chi connectivity index (χ4n) is 2.98. The number of nitrogens with one attached hydrogen (secondary N) is 2. The van der Waals surface area contributed by atoms with E-state index in [1.54, 1.807) is 42.6 Å². The molecule has 0 fully saturated rings. The number of aromatic nitrogens is 1. The van der Waals surface area contributed by atoms with E-state index in [0.717, 1.165) is 5.56 Å². The number of amides is 3. The van der Waals surface area contributed by atoms with Gasteiger partial charge in [-0.05, 0) is 36.4 Å². The summed E-state index contributed by atoms with van der Waals surface area (Å²) in [6.07, 6.45) is 1.66. The average molecular weight is 445 g/mol. The van der Waals surface area contributed by atoms with E-state index in [0.29, 0.717) is 27.9 Å². The summed E-state index contributed by atoms with van der Waals surface area (Å²) in [6, 6.07) is 17.3. The zero-order valence-corrected chi connectivity index (χ0v) is 17.2. The molecule has 0 spiro atoms. The Kier molecular flexibility index (Phi) is 6.76. The van der Waals surface area contributed by atoms with Crippen LogP contribution < -0.4 is 20.5 Å². The van der Waals surface area contributed by atoms with Crippen LogP contribution in [0.5, 0.6) is 11.5 Å². The number of fused-ring (bicyclic) bond motifs is 2. The summed E-state index contributed by atoms with van der Waals surface area (Å²) < 4.78 is 5.97. The number of halogens is 2. The van der Waals surface area contributed by atoms with E-state index in [9.17, 15) is 9.59 Å². The summed E-state index contributed by atoms with van der Waals surface area (Å²) >= 11 is 6.14. The minimum Gasteiger partial charge on any atom is -0.455 e. The number of urea groups is 1. The molecule has 0 atom stereocenters. The highest BCUT2D eigenvalue weighted by Crippen LogP contribution is 2.40. The van der Waals surface area contributed by atoms with Crippen LogP contribution in [0.15, 0.2) is 66.9 Å². The van der Waals surface area contributed by atoms with E-state index in [1.807, 2.05) is 24.3 Å². The maximum absolute atomic E-state index is 12.9. The second-order valence-corrected chi connectivity index (χ2v) is 6.82. The number of hydrogen-bond donors (Lipinski definition) is 2. The Labute approximate surface area is 184 Å². The summed E-state index contributed by atoms with van der Waals surface area (Å²) in [5.74, 6) is 0.773. The number of hydrogen-bond acceptors (Lipinski definition) is 4. The van der Waals surface area contributed by atoms with Crippen molar-refractivity contribution < 1.29 is 14.3 Å². The summed E-state index contributed by atoms with van der Waals surface area (Å²) in [7, 11) is 0. The summed E-state index contributed by atoms with van der Waals surface area (Å²) in [5.41, 5.74) is 6.81. The molecule has 9 heteroatoms. The Morgan fingerprint density at radius 1 is 1.03 bits per heavy atom. The Morgan fingerprint density at radius 2 is 1.83 bits per heavy atom. The average Bonchev–Trinajstić information content (AvgIpc) is 2.89. The van der Waals surface area contributed by atoms with Crippen LogP contribution in [0.3, 0.4) is 0 Å². The lowest BCUT2D eigenvalue weighted by atomic mass is 10.2. The van der Waals surface area contributed by atoms with Crippen molar-refractivity contribution in [3.63, 3.8) is 0 Å². The highest BCUT2D eigenvalue weighted by Gasteiger charge is 2.26. The largest absolute Gasteiger partial charge is 0.455 e. The van der Waals surface area contributed by atoms with E-state index in [2.05, 4.69) is 15.8 Å². The van der Waals surface area contributed by atoms with Crippen LogP contribution in [0.2, 0.25) is 5.02 Å². The van der Waals surface area contributed by atoms with Crippen LogP contribution in [0.25, 0.3) is 0 Å². The quantitative estimate of drug-likeness (QED) is 0.578. The maximum atomic E-state index is 12.9. The smallest absolute Gasteiger partial charge is 0.341 e. The van der Waals surface area contributed by atoms with Gasteiger partial charge in [-0.25, -0.2) is 10.2 Å². The zero-order chi connectivity index (χ0) is 20.2. The van der Waals surface area contributed by atoms with Gasteiger partial charge < -0.3 is 4.74 Å². The Bertz CT molecular complexity index is 1060. The second-order valence-electron chi connectivity index (χ2n) is 6.38. The predicted octanol–water partition coefficient (Wildman–Crippen LogP) is 4.25. The van der Waals surface area contributed by atoms with Gasteiger partial charge in [-0.15, -0.1) is 12.4 Å². The second kappa shape index (κ2) is 9.47. The number of ether oxygens (including phenoxy) is 1. The first-order chi connectivity index (χ1) is 14.1. The lowest BCUT2D eigenvalue weighted by molar-refractivity contribution is -0.121. The maximum Gasteiger partial charge on any atom is 0.341 e. The molecule has 0 radical (unpaired) electrons. The van der Waals surface area contributed by atoms with Gasteiger partial charge in [-0.1, -0.05) is 35.9 Å². The standard InChI is InChI=1S/C21H17ClN4O3.ClH/c22-15-8-9-19-17(11-15)26(13-14-5-1-2-7-18(14)29-19)21(28)25-24-20(27)12-16-6-3-4-10-23-16;/h1-11H,12-13H2,(H,24,27)(H,25,28);1H. The first kappa shape index (κ1) is 21.4. The van der Waals surface area contributed by atoms with E-state index in [4.69, 9.17) is 16.3 Å². The van der Waals surface area contributed by atoms with Gasteiger partial charge >= 0.3 is 6.03 Å². The first-order valence-electron chi connectivity index (χ1n) is 8.92. The molecule has 0 saturated carbocycles. The van der Waals surface area contributed by atoms with E-state index < -0.39 is 6.03 Å². The molecule has 3 aromatic rings. The molecule has 1 aromatic heterocycles. The van der Waals surface area contributed by atoms with Crippen molar-refractivity contribution in [3.8, 4) is 11.5 Å². The minimum atomic E-state index is -0.511. The number of para-hydroxylation sites is 1. The lowest BCUT2D eigenvalue weighted by Gasteiger charge is -2.22. The Hall–Kier alpha value is -3.29. The molecule has 7 nitrogen and oxygen atoms in total. The minimum absolute atomic E-state index is 0. The summed E-state index contributed by atoms with van der Waals surface area (Å²) in [4.78, 5) is 30.6. The molecule has 2 N–H and O–H groups in total. The SMILES string of the molecule is Cl.O=C(Cc1ccccn1)NNC(=O)N1Cc2ccccc2Oc2ccc(Cl)cc21. The van der Waals surface area contributed by atoms with E-state index in [1.165, 1.54) is 4.90 Å². The van der Waals surface area contributed by atoms with Gasteiger partial charge in [-0.3, -0.25) is 20.1 Å².